The Labute approximate surface area is 378 Å². The number of benzene rings is 7. The smallest absolute Gasteiger partial charge is 0.127 e. The number of ether oxygens (including phenoxy) is 6. The molecule has 0 saturated heterocycles. The van der Waals surface area contributed by atoms with Crippen LogP contribution in [0.2, 0.25) is 0 Å². The van der Waals surface area contributed by atoms with E-state index in [0.717, 1.165) is 56.4 Å². The second-order valence-corrected chi connectivity index (χ2v) is 14.7. The van der Waals surface area contributed by atoms with Gasteiger partial charge in [0.25, 0.3) is 0 Å². The molecule has 0 N–H and O–H groups in total. The van der Waals surface area contributed by atoms with E-state index in [0.29, 0.717) is 64.4 Å². The van der Waals surface area contributed by atoms with E-state index in [1.807, 2.05) is 36.4 Å². The molecule has 7 aromatic rings. The first kappa shape index (κ1) is 45.1. The van der Waals surface area contributed by atoms with Gasteiger partial charge in [0, 0.05) is 59.5 Å². The summed E-state index contributed by atoms with van der Waals surface area (Å²) < 4.78 is 34.7. The number of hydrogen-bond donors (Lipinski definition) is 0. The zero-order chi connectivity index (χ0) is 44.0. The van der Waals surface area contributed by atoms with Gasteiger partial charge in [-0.15, -0.1) is 0 Å². The number of methoxy groups -OCH3 is 2. The van der Waals surface area contributed by atoms with Gasteiger partial charge >= 0.3 is 0 Å². The lowest BCUT2D eigenvalue weighted by Gasteiger charge is -2.25. The molecule has 0 amide bonds. The van der Waals surface area contributed by atoms with Crippen molar-refractivity contribution in [2.75, 3.05) is 76.9 Å². The van der Waals surface area contributed by atoms with Crippen molar-refractivity contribution in [3.8, 4) is 11.5 Å². The molecule has 8 nitrogen and oxygen atoms in total. The van der Waals surface area contributed by atoms with Gasteiger partial charge < -0.3 is 38.2 Å². The third kappa shape index (κ3) is 13.0. The molecule has 0 radical (unpaired) electrons. The van der Waals surface area contributed by atoms with E-state index in [9.17, 15) is 0 Å². The summed E-state index contributed by atoms with van der Waals surface area (Å²) in [5, 5.41) is 0. The second kappa shape index (κ2) is 24.6. The summed E-state index contributed by atoms with van der Waals surface area (Å²) in [6.45, 7) is 3.61. The summed E-state index contributed by atoms with van der Waals surface area (Å²) in [6.07, 6.45) is 8.34. The molecule has 0 unspecified atom stereocenters. The maximum atomic E-state index is 6.44. The number of hydrogen-bond acceptors (Lipinski definition) is 8. The molecule has 0 saturated carbocycles. The largest absolute Gasteiger partial charge is 0.491 e. The first-order valence-electron chi connectivity index (χ1n) is 21.6. The maximum Gasteiger partial charge on any atom is 0.127 e. The van der Waals surface area contributed by atoms with Gasteiger partial charge in [0.05, 0.1) is 39.6 Å². The van der Waals surface area contributed by atoms with E-state index in [2.05, 4.69) is 180 Å². The molecular weight excluding hydrogens is 797 g/mol. The topological polar surface area (TPSA) is 61.9 Å². The highest BCUT2D eigenvalue weighted by atomic mass is 16.5. The van der Waals surface area contributed by atoms with Gasteiger partial charge in [-0.3, -0.25) is 0 Å². The molecule has 8 heteroatoms. The van der Waals surface area contributed by atoms with Crippen LogP contribution in [-0.2, 0) is 18.9 Å². The minimum atomic E-state index is 0.367. The van der Waals surface area contributed by atoms with Gasteiger partial charge in [0.15, 0.2) is 0 Å². The summed E-state index contributed by atoms with van der Waals surface area (Å²) in [5.41, 5.74) is 10.3. The van der Waals surface area contributed by atoms with Crippen LogP contribution in [0.5, 0.6) is 11.5 Å². The van der Waals surface area contributed by atoms with Crippen molar-refractivity contribution >= 4 is 58.4 Å². The average molecular weight is 853 g/mol. The van der Waals surface area contributed by atoms with E-state index in [1.165, 1.54) is 0 Å². The van der Waals surface area contributed by atoms with Crippen LogP contribution >= 0.6 is 0 Å². The van der Waals surface area contributed by atoms with Crippen molar-refractivity contribution in [2.45, 2.75) is 0 Å². The Morgan fingerprint density at radius 3 is 0.938 bits per heavy atom. The highest BCUT2D eigenvalue weighted by molar-refractivity contribution is 5.82. The quantitative estimate of drug-likeness (QED) is 0.0440. The van der Waals surface area contributed by atoms with Crippen LogP contribution in [0.25, 0.3) is 24.3 Å². The van der Waals surface area contributed by atoms with Gasteiger partial charge in [0.2, 0.25) is 0 Å². The maximum absolute atomic E-state index is 6.44. The summed E-state index contributed by atoms with van der Waals surface area (Å²) in [7, 11) is 3.33. The molecule has 64 heavy (non-hydrogen) atoms. The van der Waals surface area contributed by atoms with Crippen molar-refractivity contribution in [3.63, 3.8) is 0 Å². The second-order valence-electron chi connectivity index (χ2n) is 14.7. The van der Waals surface area contributed by atoms with Crippen molar-refractivity contribution in [1.29, 1.82) is 0 Å². The van der Waals surface area contributed by atoms with Crippen LogP contribution in [0, 0.1) is 0 Å². The molecule has 0 fully saturated rings. The number of para-hydroxylation sites is 4. The summed E-state index contributed by atoms with van der Waals surface area (Å²) in [5.74, 6) is 1.42. The minimum Gasteiger partial charge on any atom is -0.491 e. The molecule has 0 aliphatic rings. The van der Waals surface area contributed by atoms with E-state index >= 15 is 0 Å². The number of rotatable bonds is 24. The first-order valence-corrected chi connectivity index (χ1v) is 21.6. The average Bonchev–Trinajstić information content (AvgIpc) is 3.35. The predicted octanol–water partition coefficient (Wildman–Crippen LogP) is 13.1. The fourth-order valence-electron chi connectivity index (χ4n) is 7.06. The highest BCUT2D eigenvalue weighted by Crippen LogP contribution is 2.37. The van der Waals surface area contributed by atoms with Crippen LogP contribution in [0.1, 0.15) is 22.3 Å². The first-order chi connectivity index (χ1) is 31.7. The van der Waals surface area contributed by atoms with E-state index in [-0.39, 0.29) is 0 Å². The fourth-order valence-corrected chi connectivity index (χ4v) is 7.06. The van der Waals surface area contributed by atoms with Gasteiger partial charge in [0.1, 0.15) is 24.7 Å². The lowest BCUT2D eigenvalue weighted by Crippen LogP contribution is -2.12. The Kier molecular flexibility index (Phi) is 17.4. The highest BCUT2D eigenvalue weighted by Gasteiger charge is 2.14. The normalized spacial score (nSPS) is 11.3. The molecular formula is C56H56N2O6. The van der Waals surface area contributed by atoms with Crippen LogP contribution in [0.15, 0.2) is 182 Å². The third-order valence-corrected chi connectivity index (χ3v) is 10.2. The molecule has 7 rings (SSSR count). The van der Waals surface area contributed by atoms with E-state index in [4.69, 9.17) is 28.4 Å². The SMILES string of the molecule is COCCOCCOc1cc(/C=C/c2ccc(N(c3ccccc3)c3ccccc3)cc2)c(OCCOCCOC)cc1/C=C/c1ccc(N(c2ccccc2)c2ccccc2)cc1. The predicted molar refractivity (Wildman–Crippen MR) is 263 cm³/mol. The molecule has 0 heterocycles. The molecule has 0 aliphatic carbocycles. The van der Waals surface area contributed by atoms with Crippen LogP contribution in [-0.4, -0.2) is 67.1 Å². The molecule has 0 bridgehead atoms. The van der Waals surface area contributed by atoms with Crippen molar-refractivity contribution in [2.24, 2.45) is 0 Å². The Balaban J connectivity index is 1.17. The minimum absolute atomic E-state index is 0.367. The summed E-state index contributed by atoms with van der Waals surface area (Å²) >= 11 is 0. The summed E-state index contributed by atoms with van der Waals surface area (Å²) in [6, 6.07) is 62.8. The van der Waals surface area contributed by atoms with E-state index in [1.54, 1.807) is 14.2 Å². The van der Waals surface area contributed by atoms with Gasteiger partial charge in [-0.25, -0.2) is 0 Å². The van der Waals surface area contributed by atoms with Gasteiger partial charge in [-0.05, 0) is 96.1 Å². The summed E-state index contributed by atoms with van der Waals surface area (Å²) in [4.78, 5) is 4.50. The Morgan fingerprint density at radius 2 is 0.625 bits per heavy atom. The Hall–Kier alpha value is -6.94. The molecule has 326 valence electrons. The van der Waals surface area contributed by atoms with Crippen LogP contribution in [0.4, 0.5) is 34.1 Å². The fraction of sp³-hybridized carbons (Fsp3) is 0.179. The molecule has 7 aromatic carbocycles. The van der Waals surface area contributed by atoms with Gasteiger partial charge in [-0.1, -0.05) is 121 Å². The lowest BCUT2D eigenvalue weighted by molar-refractivity contribution is 0.0538. The monoisotopic (exact) mass is 852 g/mol. The number of nitrogens with zero attached hydrogens (tertiary/aromatic N) is 2. The van der Waals surface area contributed by atoms with E-state index < -0.39 is 0 Å². The Morgan fingerprint density at radius 1 is 0.328 bits per heavy atom. The number of anilines is 6. The van der Waals surface area contributed by atoms with Crippen LogP contribution < -0.4 is 19.3 Å². The van der Waals surface area contributed by atoms with Crippen LogP contribution in [0.3, 0.4) is 0 Å². The lowest BCUT2D eigenvalue weighted by atomic mass is 10.0. The molecule has 0 atom stereocenters. The third-order valence-electron chi connectivity index (χ3n) is 10.2. The van der Waals surface area contributed by atoms with Crippen molar-refractivity contribution < 1.29 is 28.4 Å². The standard InChI is InChI=1S/C56H56N2O6/c1-59-35-37-61-39-41-63-55-43-48(30-24-46-27-33-54(34-28-46)58(51-19-11-5-12-20-51)52-21-13-6-14-22-52)56(64-42-40-62-38-36-60-2)44-47(55)29-23-45-25-31-53(32-26-45)57(49-15-7-3-8-16-49)50-17-9-4-10-18-50/h3-34,43-44H,35-42H2,1-2H3/b29-23+,30-24+. The molecule has 0 spiro atoms. The molecule has 0 aliphatic heterocycles. The van der Waals surface area contributed by atoms with Crippen molar-refractivity contribution in [3.05, 3.63) is 204 Å². The van der Waals surface area contributed by atoms with Crippen molar-refractivity contribution in [1.82, 2.24) is 0 Å². The van der Waals surface area contributed by atoms with Gasteiger partial charge in [-0.2, -0.15) is 0 Å². The molecule has 0 aromatic heterocycles. The zero-order valence-electron chi connectivity index (χ0n) is 36.6. The zero-order valence-corrected chi connectivity index (χ0v) is 36.6. The Bertz CT molecular complexity index is 2210.